The molecular formula is C13H19N3O3S. The van der Waals surface area contributed by atoms with Crippen LogP contribution in [-0.4, -0.2) is 39.6 Å². The molecule has 1 aliphatic heterocycles. The third-order valence-electron chi connectivity index (χ3n) is 3.50. The fourth-order valence-corrected chi connectivity index (χ4v) is 3.24. The lowest BCUT2D eigenvalue weighted by Crippen LogP contribution is -2.54. The van der Waals surface area contributed by atoms with Crippen LogP contribution in [0.2, 0.25) is 0 Å². The van der Waals surface area contributed by atoms with E-state index in [-0.39, 0.29) is 11.9 Å². The number of carboxylic acid groups (broad SMARTS) is 1. The van der Waals surface area contributed by atoms with E-state index in [0.29, 0.717) is 13.1 Å². The normalized spacial score (nSPS) is 22.6. The highest BCUT2D eigenvalue weighted by atomic mass is 32.1. The maximum atomic E-state index is 12.2. The summed E-state index contributed by atoms with van der Waals surface area (Å²) < 4.78 is 0. The highest BCUT2D eigenvalue weighted by Crippen LogP contribution is 2.23. The molecule has 1 fully saturated rings. The van der Waals surface area contributed by atoms with Crippen molar-refractivity contribution in [3.05, 3.63) is 16.1 Å². The molecule has 2 rings (SSSR count). The molecule has 2 atom stereocenters. The number of nitrogens with one attached hydrogen (secondary N) is 1. The van der Waals surface area contributed by atoms with Crippen LogP contribution in [0.4, 0.5) is 4.79 Å². The predicted molar refractivity (Wildman–Crippen MR) is 75.6 cm³/mol. The molecule has 0 bridgehead atoms. The average Bonchev–Trinajstić information content (AvgIpc) is 2.81. The molecule has 0 aromatic carbocycles. The zero-order valence-corrected chi connectivity index (χ0v) is 12.4. The summed E-state index contributed by atoms with van der Waals surface area (Å²) in [5, 5.41) is 14.8. The molecule has 2 unspecified atom stereocenters. The molecule has 1 aromatic heterocycles. The number of carbonyl (C=O) groups is 2. The van der Waals surface area contributed by atoms with Crippen molar-refractivity contribution in [2.24, 2.45) is 5.92 Å². The van der Waals surface area contributed by atoms with Gasteiger partial charge < -0.3 is 15.3 Å². The van der Waals surface area contributed by atoms with Crippen molar-refractivity contribution in [1.82, 2.24) is 15.2 Å². The number of amides is 2. The molecule has 2 heterocycles. The van der Waals surface area contributed by atoms with E-state index in [1.165, 1.54) is 16.2 Å². The van der Waals surface area contributed by atoms with E-state index in [9.17, 15) is 14.7 Å². The van der Waals surface area contributed by atoms with Gasteiger partial charge in [-0.25, -0.2) is 14.6 Å². The summed E-state index contributed by atoms with van der Waals surface area (Å²) in [5.74, 6) is -0.952. The number of aliphatic carboxylic acids is 1. The second-order valence-electron chi connectivity index (χ2n) is 5.14. The SMILES string of the molecule is Cc1csc(CNC(=O)N2CCCC(C)C2C(=O)O)n1. The Balaban J connectivity index is 1.97. The number of urea groups is 1. The summed E-state index contributed by atoms with van der Waals surface area (Å²) in [6, 6.07) is -1.06. The molecular weight excluding hydrogens is 278 g/mol. The van der Waals surface area contributed by atoms with Crippen LogP contribution in [0.25, 0.3) is 0 Å². The third kappa shape index (κ3) is 3.27. The summed E-state index contributed by atoms with van der Waals surface area (Å²) in [6.07, 6.45) is 1.68. The minimum atomic E-state index is -0.933. The first-order chi connectivity index (χ1) is 9.49. The van der Waals surface area contributed by atoms with Gasteiger partial charge in [0.05, 0.1) is 6.54 Å². The van der Waals surface area contributed by atoms with Gasteiger partial charge >= 0.3 is 12.0 Å². The smallest absolute Gasteiger partial charge is 0.326 e. The predicted octanol–water partition coefficient (Wildman–Crippen LogP) is 1.85. The second kappa shape index (κ2) is 6.21. The van der Waals surface area contributed by atoms with Crippen LogP contribution in [0, 0.1) is 12.8 Å². The van der Waals surface area contributed by atoms with E-state index in [2.05, 4.69) is 10.3 Å². The number of piperidine rings is 1. The highest BCUT2D eigenvalue weighted by molar-refractivity contribution is 7.09. The monoisotopic (exact) mass is 297 g/mol. The van der Waals surface area contributed by atoms with Crippen molar-refractivity contribution in [3.63, 3.8) is 0 Å². The lowest BCUT2D eigenvalue weighted by molar-refractivity contribution is -0.145. The molecule has 6 nitrogen and oxygen atoms in total. The number of aromatic nitrogens is 1. The first kappa shape index (κ1) is 14.8. The Kier molecular flexibility index (Phi) is 4.59. The number of aryl methyl sites for hydroxylation is 1. The number of hydrogen-bond donors (Lipinski definition) is 2. The average molecular weight is 297 g/mol. The zero-order chi connectivity index (χ0) is 14.7. The quantitative estimate of drug-likeness (QED) is 0.892. The van der Waals surface area contributed by atoms with E-state index in [1.807, 2.05) is 19.2 Å². The van der Waals surface area contributed by atoms with Crippen molar-refractivity contribution in [1.29, 1.82) is 0 Å². The molecule has 1 saturated heterocycles. The van der Waals surface area contributed by atoms with Crippen LogP contribution < -0.4 is 5.32 Å². The number of nitrogens with zero attached hydrogens (tertiary/aromatic N) is 2. The van der Waals surface area contributed by atoms with Gasteiger partial charge in [-0.05, 0) is 25.7 Å². The van der Waals surface area contributed by atoms with Crippen molar-refractivity contribution >= 4 is 23.3 Å². The highest BCUT2D eigenvalue weighted by Gasteiger charge is 2.36. The fourth-order valence-electron chi connectivity index (χ4n) is 2.53. The lowest BCUT2D eigenvalue weighted by Gasteiger charge is -2.37. The third-order valence-corrected chi connectivity index (χ3v) is 4.47. The Morgan fingerprint density at radius 3 is 2.95 bits per heavy atom. The van der Waals surface area contributed by atoms with Gasteiger partial charge in [-0.1, -0.05) is 6.92 Å². The Bertz CT molecular complexity index is 503. The fraction of sp³-hybridized carbons (Fsp3) is 0.615. The lowest BCUT2D eigenvalue weighted by atomic mass is 9.91. The first-order valence-electron chi connectivity index (χ1n) is 6.67. The molecule has 1 aliphatic rings. The number of likely N-dealkylation sites (tertiary alicyclic amines) is 1. The van der Waals surface area contributed by atoms with Gasteiger partial charge in [-0.3, -0.25) is 0 Å². The number of carboxylic acids is 1. The van der Waals surface area contributed by atoms with Crippen LogP contribution in [0.15, 0.2) is 5.38 Å². The van der Waals surface area contributed by atoms with Gasteiger partial charge in [-0.15, -0.1) is 11.3 Å². The number of hydrogen-bond acceptors (Lipinski definition) is 4. The maximum absolute atomic E-state index is 12.2. The molecule has 0 spiro atoms. The van der Waals surface area contributed by atoms with Crippen molar-refractivity contribution in [3.8, 4) is 0 Å². The minimum Gasteiger partial charge on any atom is -0.480 e. The maximum Gasteiger partial charge on any atom is 0.326 e. The van der Waals surface area contributed by atoms with E-state index >= 15 is 0 Å². The van der Waals surface area contributed by atoms with Crippen molar-refractivity contribution < 1.29 is 14.7 Å². The van der Waals surface area contributed by atoms with Gasteiger partial charge in [0, 0.05) is 17.6 Å². The summed E-state index contributed by atoms with van der Waals surface area (Å²) >= 11 is 1.49. The standard InChI is InChI=1S/C13H19N3O3S/c1-8-4-3-5-16(11(8)12(17)18)13(19)14-6-10-15-9(2)7-20-10/h7-8,11H,3-6H2,1-2H3,(H,14,19)(H,17,18). The molecule has 0 saturated carbocycles. The van der Waals surface area contributed by atoms with Gasteiger partial charge in [0.1, 0.15) is 11.0 Å². The van der Waals surface area contributed by atoms with E-state index in [0.717, 1.165) is 23.5 Å². The van der Waals surface area contributed by atoms with Crippen LogP contribution in [0.1, 0.15) is 30.5 Å². The van der Waals surface area contributed by atoms with Gasteiger partial charge in [-0.2, -0.15) is 0 Å². The molecule has 20 heavy (non-hydrogen) atoms. The topological polar surface area (TPSA) is 82.5 Å². The second-order valence-corrected chi connectivity index (χ2v) is 6.08. The van der Waals surface area contributed by atoms with Crippen molar-refractivity contribution in [2.45, 2.75) is 39.3 Å². The van der Waals surface area contributed by atoms with Gasteiger partial charge in [0.2, 0.25) is 0 Å². The number of carbonyl (C=O) groups excluding carboxylic acids is 1. The van der Waals surface area contributed by atoms with E-state index in [1.54, 1.807) is 0 Å². The first-order valence-corrected chi connectivity index (χ1v) is 7.55. The molecule has 0 radical (unpaired) electrons. The van der Waals surface area contributed by atoms with Crippen molar-refractivity contribution in [2.75, 3.05) is 6.54 Å². The minimum absolute atomic E-state index is 0.0193. The Labute approximate surface area is 121 Å². The molecule has 7 heteroatoms. The Hall–Kier alpha value is -1.63. The number of thiazole rings is 1. The van der Waals surface area contributed by atoms with E-state index in [4.69, 9.17) is 0 Å². The summed E-state index contributed by atoms with van der Waals surface area (Å²) in [5.41, 5.74) is 0.925. The largest absolute Gasteiger partial charge is 0.480 e. The summed E-state index contributed by atoms with van der Waals surface area (Å²) in [4.78, 5) is 29.2. The van der Waals surface area contributed by atoms with Crippen LogP contribution in [0.5, 0.6) is 0 Å². The zero-order valence-electron chi connectivity index (χ0n) is 11.6. The molecule has 0 aliphatic carbocycles. The van der Waals surface area contributed by atoms with Gasteiger partial charge in [0.15, 0.2) is 0 Å². The Morgan fingerprint density at radius 2 is 2.35 bits per heavy atom. The van der Waals surface area contributed by atoms with Gasteiger partial charge in [0.25, 0.3) is 0 Å². The summed E-state index contributed by atoms with van der Waals surface area (Å²) in [7, 11) is 0. The van der Waals surface area contributed by atoms with Crippen LogP contribution in [0.3, 0.4) is 0 Å². The van der Waals surface area contributed by atoms with E-state index < -0.39 is 12.0 Å². The molecule has 2 N–H and O–H groups in total. The summed E-state index contributed by atoms with van der Waals surface area (Å²) in [6.45, 7) is 4.61. The molecule has 110 valence electrons. The molecule has 1 aromatic rings. The number of rotatable bonds is 3. The molecule has 2 amide bonds. The van der Waals surface area contributed by atoms with Crippen LogP contribution >= 0.6 is 11.3 Å². The van der Waals surface area contributed by atoms with Crippen LogP contribution in [-0.2, 0) is 11.3 Å². The Morgan fingerprint density at radius 1 is 1.60 bits per heavy atom.